The van der Waals surface area contributed by atoms with Gasteiger partial charge in [-0.05, 0) is 24.8 Å². The Labute approximate surface area is 200 Å². The van der Waals surface area contributed by atoms with E-state index in [1.807, 2.05) is 0 Å². The minimum atomic E-state index is -1.66. The summed E-state index contributed by atoms with van der Waals surface area (Å²) in [6.07, 6.45) is -1.06. The molecule has 7 N–H and O–H groups in total. The Balaban J connectivity index is 2.14. The second kappa shape index (κ2) is 12.5. The zero-order chi connectivity index (χ0) is 26.1. The topological polar surface area (TPSA) is 216 Å². The van der Waals surface area contributed by atoms with Gasteiger partial charge in [-0.25, -0.2) is 4.79 Å². The molecule has 1 aliphatic heterocycles. The lowest BCUT2D eigenvalue weighted by Crippen LogP contribution is -2.58. The molecule has 0 radical (unpaired) electrons. The van der Waals surface area contributed by atoms with E-state index in [0.29, 0.717) is 6.42 Å². The molecule has 0 saturated carbocycles. The van der Waals surface area contributed by atoms with Gasteiger partial charge >= 0.3 is 17.9 Å². The summed E-state index contributed by atoms with van der Waals surface area (Å²) in [4.78, 5) is 73.2. The number of rotatable bonds is 12. The number of amides is 3. The van der Waals surface area contributed by atoms with E-state index in [4.69, 9.17) is 5.73 Å². The van der Waals surface area contributed by atoms with Crippen molar-refractivity contribution in [2.75, 3.05) is 6.54 Å². The van der Waals surface area contributed by atoms with Crippen LogP contribution in [0.4, 0.5) is 0 Å². The first-order chi connectivity index (χ1) is 16.5. The summed E-state index contributed by atoms with van der Waals surface area (Å²) in [5.74, 6) is -7.00. The predicted molar refractivity (Wildman–Crippen MR) is 119 cm³/mol. The molecule has 1 heterocycles. The number of carbonyl (C=O) groups is 6. The number of nitrogens with zero attached hydrogens (tertiary/aromatic N) is 1. The van der Waals surface area contributed by atoms with E-state index in [1.165, 1.54) is 0 Å². The minimum absolute atomic E-state index is 0.0609. The lowest BCUT2D eigenvalue weighted by atomic mass is 10.0. The molecular weight excluding hydrogens is 464 g/mol. The van der Waals surface area contributed by atoms with Crippen LogP contribution < -0.4 is 16.4 Å². The van der Waals surface area contributed by atoms with Crippen molar-refractivity contribution in [2.45, 2.75) is 56.3 Å². The Morgan fingerprint density at radius 1 is 0.914 bits per heavy atom. The normalized spacial score (nSPS) is 17.6. The number of benzene rings is 1. The molecule has 0 spiro atoms. The number of hydrogen-bond donors (Lipinski definition) is 6. The largest absolute Gasteiger partial charge is 0.481 e. The third-order valence-electron chi connectivity index (χ3n) is 5.46. The fourth-order valence-electron chi connectivity index (χ4n) is 3.76. The van der Waals surface area contributed by atoms with Crippen LogP contribution in [0.15, 0.2) is 30.3 Å². The molecule has 0 aromatic heterocycles. The number of carboxylic acid groups (broad SMARTS) is 3. The third kappa shape index (κ3) is 8.07. The molecule has 4 unspecified atom stereocenters. The molecule has 1 aromatic rings. The number of carboxylic acids is 3. The molecule has 1 aromatic carbocycles. The third-order valence-corrected chi connectivity index (χ3v) is 5.46. The number of nitrogens with one attached hydrogen (secondary N) is 2. The first kappa shape index (κ1) is 27.2. The molecule has 190 valence electrons. The second-order valence-electron chi connectivity index (χ2n) is 8.14. The van der Waals surface area contributed by atoms with E-state index in [2.05, 4.69) is 10.6 Å². The summed E-state index contributed by atoms with van der Waals surface area (Å²) < 4.78 is 0. The Kier molecular flexibility index (Phi) is 9.70. The van der Waals surface area contributed by atoms with Gasteiger partial charge in [-0.15, -0.1) is 0 Å². The molecule has 0 aliphatic carbocycles. The van der Waals surface area contributed by atoms with Crippen LogP contribution in [-0.2, 0) is 35.2 Å². The van der Waals surface area contributed by atoms with Crippen LogP contribution in [0.5, 0.6) is 0 Å². The number of nitrogens with two attached hydrogens (primary N) is 1. The van der Waals surface area contributed by atoms with Crippen LogP contribution in [0.3, 0.4) is 0 Å². The molecule has 2 rings (SSSR count). The van der Waals surface area contributed by atoms with Crippen molar-refractivity contribution in [3.8, 4) is 0 Å². The van der Waals surface area contributed by atoms with E-state index in [1.54, 1.807) is 30.3 Å². The summed E-state index contributed by atoms with van der Waals surface area (Å²) in [5, 5.41) is 32.1. The van der Waals surface area contributed by atoms with Crippen molar-refractivity contribution < 1.29 is 44.1 Å². The van der Waals surface area contributed by atoms with Crippen molar-refractivity contribution in [1.29, 1.82) is 0 Å². The summed E-state index contributed by atoms with van der Waals surface area (Å²) >= 11 is 0. The van der Waals surface area contributed by atoms with Crippen LogP contribution in [0.25, 0.3) is 0 Å². The fraction of sp³-hybridized carbons (Fsp3) is 0.455. The molecule has 13 heteroatoms. The predicted octanol–water partition coefficient (Wildman–Crippen LogP) is -1.45. The molecule has 35 heavy (non-hydrogen) atoms. The highest BCUT2D eigenvalue weighted by Crippen LogP contribution is 2.19. The molecule has 0 bridgehead atoms. The lowest BCUT2D eigenvalue weighted by molar-refractivity contribution is -0.151. The van der Waals surface area contributed by atoms with Gasteiger partial charge < -0.3 is 36.6 Å². The van der Waals surface area contributed by atoms with Crippen molar-refractivity contribution in [1.82, 2.24) is 15.5 Å². The van der Waals surface area contributed by atoms with E-state index in [9.17, 15) is 44.1 Å². The van der Waals surface area contributed by atoms with Crippen molar-refractivity contribution >= 4 is 35.6 Å². The van der Waals surface area contributed by atoms with Crippen LogP contribution >= 0.6 is 0 Å². The van der Waals surface area contributed by atoms with Gasteiger partial charge in [0.1, 0.15) is 18.1 Å². The van der Waals surface area contributed by atoms with Crippen molar-refractivity contribution in [3.05, 3.63) is 35.9 Å². The summed E-state index contributed by atoms with van der Waals surface area (Å²) in [5.41, 5.74) is 6.62. The summed E-state index contributed by atoms with van der Waals surface area (Å²) in [6, 6.07) is 3.15. The average molecular weight is 492 g/mol. The number of carbonyl (C=O) groups excluding carboxylic acids is 3. The molecular formula is C22H28N4O9. The lowest BCUT2D eigenvalue weighted by Gasteiger charge is -2.28. The van der Waals surface area contributed by atoms with E-state index in [0.717, 1.165) is 10.5 Å². The zero-order valence-electron chi connectivity index (χ0n) is 18.8. The quantitative estimate of drug-likeness (QED) is 0.199. The van der Waals surface area contributed by atoms with Crippen molar-refractivity contribution in [2.24, 2.45) is 5.73 Å². The number of aliphatic carboxylic acids is 3. The van der Waals surface area contributed by atoms with Gasteiger partial charge in [0, 0.05) is 6.54 Å². The van der Waals surface area contributed by atoms with Gasteiger partial charge in [0.05, 0.1) is 18.9 Å². The van der Waals surface area contributed by atoms with E-state index in [-0.39, 0.29) is 19.4 Å². The maximum absolute atomic E-state index is 12.9. The van der Waals surface area contributed by atoms with E-state index < -0.39 is 72.6 Å². The highest BCUT2D eigenvalue weighted by atomic mass is 16.4. The zero-order valence-corrected chi connectivity index (χ0v) is 18.8. The molecule has 3 amide bonds. The number of hydrogen-bond acceptors (Lipinski definition) is 7. The minimum Gasteiger partial charge on any atom is -0.481 e. The standard InChI is InChI=1S/C22H28N4O9/c23-13(9-12-5-2-1-3-6-12)19(31)24-14(10-17(27)28)20(32)25-15(11-18(29)30)21(33)26-8-4-7-16(26)22(34)35/h1-3,5-6,13-16H,4,7-11,23H2,(H,24,31)(H,25,32)(H,27,28)(H,29,30)(H,34,35). The Morgan fingerprint density at radius 2 is 1.49 bits per heavy atom. The Hall–Kier alpha value is -4.00. The average Bonchev–Trinajstić information content (AvgIpc) is 3.28. The van der Waals surface area contributed by atoms with Gasteiger partial charge in [0.15, 0.2) is 0 Å². The van der Waals surface area contributed by atoms with Crippen LogP contribution in [-0.4, -0.2) is 86.6 Å². The van der Waals surface area contributed by atoms with Gasteiger partial charge in [0.25, 0.3) is 0 Å². The highest BCUT2D eigenvalue weighted by Gasteiger charge is 2.39. The first-order valence-electron chi connectivity index (χ1n) is 10.9. The van der Waals surface area contributed by atoms with Gasteiger partial charge in [-0.3, -0.25) is 24.0 Å². The maximum Gasteiger partial charge on any atom is 0.326 e. The van der Waals surface area contributed by atoms with E-state index >= 15 is 0 Å². The Morgan fingerprint density at radius 3 is 2.06 bits per heavy atom. The fourth-order valence-corrected chi connectivity index (χ4v) is 3.76. The maximum atomic E-state index is 12.9. The van der Waals surface area contributed by atoms with Crippen molar-refractivity contribution in [3.63, 3.8) is 0 Å². The number of likely N-dealkylation sites (tertiary alicyclic amines) is 1. The monoisotopic (exact) mass is 492 g/mol. The summed E-state index contributed by atoms with van der Waals surface area (Å²) in [6.45, 7) is 0.0609. The van der Waals surface area contributed by atoms with Gasteiger partial charge in [-0.2, -0.15) is 0 Å². The molecule has 4 atom stereocenters. The van der Waals surface area contributed by atoms with Gasteiger partial charge in [0.2, 0.25) is 17.7 Å². The SMILES string of the molecule is NC(Cc1ccccc1)C(=O)NC(CC(=O)O)C(=O)NC(CC(=O)O)C(=O)N1CCCC1C(=O)O. The van der Waals surface area contributed by atoms with Crippen LogP contribution in [0, 0.1) is 0 Å². The van der Waals surface area contributed by atoms with Gasteiger partial charge in [-0.1, -0.05) is 30.3 Å². The molecule has 1 aliphatic rings. The molecule has 13 nitrogen and oxygen atoms in total. The second-order valence-corrected chi connectivity index (χ2v) is 8.14. The first-order valence-corrected chi connectivity index (χ1v) is 10.9. The smallest absolute Gasteiger partial charge is 0.326 e. The molecule has 1 fully saturated rings. The Bertz CT molecular complexity index is 969. The highest BCUT2D eigenvalue weighted by molar-refractivity contribution is 5.97. The van der Waals surface area contributed by atoms with Crippen LogP contribution in [0.1, 0.15) is 31.2 Å². The molecule has 1 saturated heterocycles. The van der Waals surface area contributed by atoms with Crippen LogP contribution in [0.2, 0.25) is 0 Å². The summed E-state index contributed by atoms with van der Waals surface area (Å²) in [7, 11) is 0.